The second-order valence-corrected chi connectivity index (χ2v) is 9.14. The van der Waals surface area contributed by atoms with Crippen LogP contribution in [0.2, 0.25) is 0 Å². The van der Waals surface area contributed by atoms with Crippen LogP contribution < -0.4 is 16.3 Å². The van der Waals surface area contributed by atoms with E-state index in [4.69, 9.17) is 5.11 Å². The van der Waals surface area contributed by atoms with Gasteiger partial charge in [-0.15, -0.1) is 0 Å². The minimum Gasteiger partial charge on any atom is -0.465 e. The van der Waals surface area contributed by atoms with E-state index < -0.39 is 40.7 Å². The van der Waals surface area contributed by atoms with Crippen molar-refractivity contribution in [3.8, 4) is 5.69 Å². The van der Waals surface area contributed by atoms with Gasteiger partial charge in [-0.1, -0.05) is 0 Å². The van der Waals surface area contributed by atoms with Crippen molar-refractivity contribution >= 4 is 30.1 Å². The number of aromatic nitrogens is 2. The molecule has 4 amide bonds. The van der Waals surface area contributed by atoms with Crippen molar-refractivity contribution in [2.24, 2.45) is 0 Å². The molecule has 38 heavy (non-hydrogen) atoms. The quantitative estimate of drug-likeness (QED) is 0.477. The summed E-state index contributed by atoms with van der Waals surface area (Å²) in [4.78, 5) is 66.0. The minimum atomic E-state index is -4.81. The van der Waals surface area contributed by atoms with Crippen LogP contribution in [-0.4, -0.2) is 80.5 Å². The summed E-state index contributed by atoms with van der Waals surface area (Å²) >= 11 is 0. The van der Waals surface area contributed by atoms with Crippen molar-refractivity contribution in [3.63, 3.8) is 0 Å². The van der Waals surface area contributed by atoms with E-state index >= 15 is 0 Å². The Kier molecular flexibility index (Phi) is 8.07. The fourth-order valence-corrected chi connectivity index (χ4v) is 3.88. The van der Waals surface area contributed by atoms with Crippen LogP contribution in [-0.2, 0) is 11.0 Å². The van der Waals surface area contributed by atoms with Crippen LogP contribution in [0.4, 0.5) is 28.6 Å². The molecule has 1 aromatic heterocycles. The van der Waals surface area contributed by atoms with Gasteiger partial charge in [0.15, 0.2) is 6.29 Å². The maximum absolute atomic E-state index is 13.2. The molecular formula is C23H25F3N6O6. The molecule has 3 N–H and O–H groups in total. The number of rotatable bonds is 6. The fourth-order valence-electron chi connectivity index (χ4n) is 3.88. The van der Waals surface area contributed by atoms with Crippen LogP contribution in [0.5, 0.6) is 0 Å². The van der Waals surface area contributed by atoms with Crippen LogP contribution in [0.1, 0.15) is 36.2 Å². The predicted octanol–water partition coefficient (Wildman–Crippen LogP) is 2.18. The number of urea groups is 1. The summed E-state index contributed by atoms with van der Waals surface area (Å²) < 4.78 is 40.6. The molecule has 0 bridgehead atoms. The Morgan fingerprint density at radius 3 is 2.26 bits per heavy atom. The van der Waals surface area contributed by atoms with Gasteiger partial charge in [0.2, 0.25) is 5.91 Å². The van der Waals surface area contributed by atoms with Crippen molar-refractivity contribution in [1.29, 1.82) is 0 Å². The van der Waals surface area contributed by atoms with Gasteiger partial charge in [-0.05, 0) is 38.1 Å². The Balaban J connectivity index is 1.63. The van der Waals surface area contributed by atoms with Crippen molar-refractivity contribution < 1.29 is 37.5 Å². The van der Waals surface area contributed by atoms with E-state index in [9.17, 15) is 37.1 Å². The normalized spacial score (nSPS) is 14.1. The second kappa shape index (κ2) is 10.9. The highest BCUT2D eigenvalue weighted by Crippen LogP contribution is 2.32. The number of nitrogens with zero attached hydrogens (tertiary/aromatic N) is 4. The van der Waals surface area contributed by atoms with E-state index in [1.54, 1.807) is 13.8 Å². The average Bonchev–Trinajstić information content (AvgIpc) is 2.82. The monoisotopic (exact) mass is 538 g/mol. The number of hydrogen-bond acceptors (Lipinski definition) is 6. The summed E-state index contributed by atoms with van der Waals surface area (Å²) in [7, 11) is 0. The van der Waals surface area contributed by atoms with E-state index in [2.05, 4.69) is 15.6 Å². The first-order valence-corrected chi connectivity index (χ1v) is 11.3. The molecule has 0 saturated carbocycles. The fraction of sp³-hybridized carbons (Fsp3) is 0.391. The third-order valence-corrected chi connectivity index (χ3v) is 5.74. The summed E-state index contributed by atoms with van der Waals surface area (Å²) in [6, 6.07) is 3.41. The van der Waals surface area contributed by atoms with Gasteiger partial charge in [-0.2, -0.15) is 18.2 Å². The lowest BCUT2D eigenvalue weighted by Crippen LogP contribution is -2.54. The first-order valence-electron chi connectivity index (χ1n) is 11.3. The number of halogens is 3. The molecule has 3 rings (SSSR count). The lowest BCUT2D eigenvalue weighted by molar-refractivity contribution is -0.138. The van der Waals surface area contributed by atoms with Crippen LogP contribution in [0.25, 0.3) is 5.69 Å². The van der Waals surface area contributed by atoms with Gasteiger partial charge < -0.3 is 20.2 Å². The number of benzene rings is 1. The number of anilines is 1. The molecule has 204 valence electrons. The molecule has 1 aliphatic heterocycles. The summed E-state index contributed by atoms with van der Waals surface area (Å²) in [5.74, 6) is -0.402. The standard InChI is InChI=1S/C23H25F3N6O6/c1-22(2,29-21(37)38)12-18(34)30-7-9-31(10-8-30)19(35)27-17-5-6-32(20(36)28-17)15-4-3-14(13-33)16(11-15)23(24,25)26/h3-6,11,13,29H,7-10,12H2,1-2H3,(H,37,38)(H,27,28,35,36). The summed E-state index contributed by atoms with van der Waals surface area (Å²) in [6.07, 6.45) is -4.90. The molecular weight excluding hydrogens is 513 g/mol. The van der Waals surface area contributed by atoms with Crippen LogP contribution in [0.3, 0.4) is 0 Å². The van der Waals surface area contributed by atoms with Gasteiger partial charge in [0.25, 0.3) is 0 Å². The number of hydrogen-bond donors (Lipinski definition) is 3. The molecule has 0 aliphatic carbocycles. The molecule has 1 fully saturated rings. The molecule has 1 aromatic carbocycles. The Hall–Kier alpha value is -4.43. The van der Waals surface area contributed by atoms with Gasteiger partial charge in [-0.3, -0.25) is 19.5 Å². The Morgan fingerprint density at radius 2 is 1.71 bits per heavy atom. The van der Waals surface area contributed by atoms with Gasteiger partial charge in [0.1, 0.15) is 5.82 Å². The molecule has 2 heterocycles. The van der Waals surface area contributed by atoms with Crippen molar-refractivity contribution in [2.45, 2.75) is 32.0 Å². The first-order chi connectivity index (χ1) is 17.7. The number of carboxylic acid groups (broad SMARTS) is 1. The number of carbonyl (C=O) groups is 4. The first kappa shape index (κ1) is 28.1. The third kappa shape index (κ3) is 6.86. The van der Waals surface area contributed by atoms with E-state index in [1.807, 2.05) is 0 Å². The zero-order valence-corrected chi connectivity index (χ0v) is 20.4. The topological polar surface area (TPSA) is 154 Å². The van der Waals surface area contributed by atoms with E-state index in [-0.39, 0.29) is 56.3 Å². The minimum absolute atomic E-state index is 0.0615. The summed E-state index contributed by atoms with van der Waals surface area (Å²) in [5.41, 5.74) is -3.86. The van der Waals surface area contributed by atoms with E-state index in [0.717, 1.165) is 16.8 Å². The SMILES string of the molecule is CC(C)(CC(=O)N1CCN(C(=O)Nc2ccn(-c3ccc(C=O)c(C(F)(F)F)c3)c(=O)n2)CC1)NC(=O)O. The molecule has 15 heteroatoms. The number of carbonyl (C=O) groups excluding carboxylic acids is 3. The highest BCUT2D eigenvalue weighted by molar-refractivity contribution is 5.88. The van der Waals surface area contributed by atoms with Crippen molar-refractivity contribution in [1.82, 2.24) is 24.7 Å². The second-order valence-electron chi connectivity index (χ2n) is 9.14. The highest BCUT2D eigenvalue weighted by atomic mass is 19.4. The van der Waals surface area contributed by atoms with Crippen LogP contribution in [0.15, 0.2) is 35.3 Å². The van der Waals surface area contributed by atoms with Gasteiger partial charge >= 0.3 is 24.0 Å². The van der Waals surface area contributed by atoms with Gasteiger partial charge in [0, 0.05) is 49.9 Å². The van der Waals surface area contributed by atoms with Crippen molar-refractivity contribution in [3.05, 3.63) is 52.1 Å². The van der Waals surface area contributed by atoms with Crippen LogP contribution in [0, 0.1) is 0 Å². The molecule has 2 aromatic rings. The van der Waals surface area contributed by atoms with Crippen LogP contribution >= 0.6 is 0 Å². The number of alkyl halides is 3. The predicted molar refractivity (Wildman–Crippen MR) is 127 cm³/mol. The number of piperazine rings is 1. The number of aldehydes is 1. The van der Waals surface area contributed by atoms with Gasteiger partial charge in [0.05, 0.1) is 11.3 Å². The van der Waals surface area contributed by atoms with E-state index in [0.29, 0.717) is 6.07 Å². The smallest absolute Gasteiger partial charge is 0.417 e. The Bertz CT molecular complexity index is 1300. The Morgan fingerprint density at radius 1 is 1.08 bits per heavy atom. The Labute approximate surface area is 214 Å². The number of amides is 4. The van der Waals surface area contributed by atoms with E-state index in [1.165, 1.54) is 21.9 Å². The lowest BCUT2D eigenvalue weighted by atomic mass is 10.00. The number of nitrogens with one attached hydrogen (secondary N) is 2. The maximum Gasteiger partial charge on any atom is 0.417 e. The molecule has 0 radical (unpaired) electrons. The largest absolute Gasteiger partial charge is 0.465 e. The molecule has 1 aliphatic rings. The molecule has 0 atom stereocenters. The molecule has 12 nitrogen and oxygen atoms in total. The third-order valence-electron chi connectivity index (χ3n) is 5.74. The molecule has 0 spiro atoms. The average molecular weight is 538 g/mol. The molecule has 0 unspecified atom stereocenters. The zero-order chi connectivity index (χ0) is 28.3. The summed E-state index contributed by atoms with van der Waals surface area (Å²) in [6.45, 7) is 3.93. The molecule has 1 saturated heterocycles. The zero-order valence-electron chi connectivity index (χ0n) is 20.4. The van der Waals surface area contributed by atoms with Crippen molar-refractivity contribution in [2.75, 3.05) is 31.5 Å². The van der Waals surface area contributed by atoms with Gasteiger partial charge in [-0.25, -0.2) is 14.4 Å². The highest BCUT2D eigenvalue weighted by Gasteiger charge is 2.34. The lowest BCUT2D eigenvalue weighted by Gasteiger charge is -2.36. The maximum atomic E-state index is 13.2. The summed E-state index contributed by atoms with van der Waals surface area (Å²) in [5, 5.41) is 13.6.